The summed E-state index contributed by atoms with van der Waals surface area (Å²) in [6.07, 6.45) is -2.80. The van der Waals surface area contributed by atoms with Gasteiger partial charge in [-0.2, -0.15) is 13.2 Å². The van der Waals surface area contributed by atoms with Crippen molar-refractivity contribution in [3.8, 4) is 0 Å². The number of nitrogens with zero attached hydrogens (tertiary/aromatic N) is 1. The van der Waals surface area contributed by atoms with E-state index >= 15 is 0 Å². The summed E-state index contributed by atoms with van der Waals surface area (Å²) in [7, 11) is 0. The van der Waals surface area contributed by atoms with Crippen LogP contribution in [-0.4, -0.2) is 40.5 Å². The van der Waals surface area contributed by atoms with E-state index in [1.807, 2.05) is 0 Å². The van der Waals surface area contributed by atoms with Crippen LogP contribution in [0, 0.1) is 0 Å². The molecule has 0 aromatic carbocycles. The van der Waals surface area contributed by atoms with Crippen LogP contribution in [0.4, 0.5) is 13.2 Å². The molecule has 0 unspecified atom stereocenters. The van der Waals surface area contributed by atoms with Crippen molar-refractivity contribution in [2.24, 2.45) is 0 Å². The van der Waals surface area contributed by atoms with Crippen LogP contribution in [0.2, 0.25) is 0 Å². The summed E-state index contributed by atoms with van der Waals surface area (Å²) in [5.41, 5.74) is -2.21. The van der Waals surface area contributed by atoms with Gasteiger partial charge >= 0.3 is 6.18 Å². The summed E-state index contributed by atoms with van der Waals surface area (Å²) in [6.45, 7) is 2.50. The zero-order valence-corrected chi connectivity index (χ0v) is 11.6. The van der Waals surface area contributed by atoms with Gasteiger partial charge < -0.3 is 10.2 Å². The van der Waals surface area contributed by atoms with Crippen molar-refractivity contribution in [2.45, 2.75) is 63.2 Å². The maximum atomic E-state index is 12.6. The minimum Gasteiger partial charge on any atom is -0.340 e. The Morgan fingerprint density at radius 1 is 1.20 bits per heavy atom. The number of alkyl halides is 3. The molecule has 0 atom stereocenters. The molecule has 2 rings (SSSR count). The number of hydrogen-bond donors (Lipinski definition) is 1. The lowest BCUT2D eigenvalue weighted by molar-refractivity contribution is -0.168. The molecule has 0 radical (unpaired) electrons. The molecule has 114 valence electrons. The molecule has 4 nitrogen and oxygen atoms in total. The first-order valence-corrected chi connectivity index (χ1v) is 6.80. The Balaban J connectivity index is 2.24. The molecule has 1 saturated carbocycles. The summed E-state index contributed by atoms with van der Waals surface area (Å²) < 4.78 is 37.3. The van der Waals surface area contributed by atoms with Crippen LogP contribution in [0.1, 0.15) is 46.0 Å². The molecular formula is C13H19F3N2O2. The van der Waals surface area contributed by atoms with E-state index in [4.69, 9.17) is 0 Å². The van der Waals surface area contributed by atoms with Crippen LogP contribution in [0.5, 0.6) is 0 Å². The van der Waals surface area contributed by atoms with Crippen LogP contribution in [-0.2, 0) is 9.59 Å². The predicted octanol–water partition coefficient (Wildman–Crippen LogP) is 1.99. The smallest absolute Gasteiger partial charge is 0.340 e. The minimum absolute atomic E-state index is 0.371. The van der Waals surface area contributed by atoms with Crippen molar-refractivity contribution in [1.29, 1.82) is 0 Å². The summed E-state index contributed by atoms with van der Waals surface area (Å²) in [5.74, 6) is -0.745. The summed E-state index contributed by atoms with van der Waals surface area (Å²) >= 11 is 0. The molecule has 2 amide bonds. The molecule has 1 saturated heterocycles. The fraction of sp³-hybridized carbons (Fsp3) is 0.846. The first kappa shape index (κ1) is 15.1. The van der Waals surface area contributed by atoms with E-state index in [1.165, 1.54) is 13.8 Å². The van der Waals surface area contributed by atoms with Gasteiger partial charge in [0.25, 0.3) is 0 Å². The van der Waals surface area contributed by atoms with Crippen molar-refractivity contribution in [3.05, 3.63) is 0 Å². The quantitative estimate of drug-likeness (QED) is 0.846. The Kier molecular flexibility index (Phi) is 3.50. The third kappa shape index (κ3) is 2.50. The molecule has 1 N–H and O–H groups in total. The third-order valence-corrected chi connectivity index (χ3v) is 4.31. The van der Waals surface area contributed by atoms with Crippen LogP contribution in [0.25, 0.3) is 0 Å². The Morgan fingerprint density at radius 3 is 2.25 bits per heavy atom. The lowest BCUT2D eigenvalue weighted by Crippen LogP contribution is -2.73. The standard InChI is InChI=1S/C13H19F3N2O2/c1-11(2)9(19)17-12(5-3-4-6-12)10(20)18(11)8-7-13(14,15)16/h3-8H2,1-2H3,(H,17,19). The monoisotopic (exact) mass is 292 g/mol. The van der Waals surface area contributed by atoms with E-state index in [2.05, 4.69) is 5.32 Å². The molecule has 0 bridgehead atoms. The number of rotatable bonds is 2. The zero-order valence-electron chi connectivity index (χ0n) is 11.6. The van der Waals surface area contributed by atoms with Gasteiger partial charge in [-0.05, 0) is 26.7 Å². The number of piperazine rings is 1. The lowest BCUT2D eigenvalue weighted by Gasteiger charge is -2.48. The molecule has 7 heteroatoms. The highest BCUT2D eigenvalue weighted by Crippen LogP contribution is 2.38. The highest BCUT2D eigenvalue weighted by Gasteiger charge is 2.55. The molecule has 1 aliphatic heterocycles. The first-order chi connectivity index (χ1) is 9.08. The van der Waals surface area contributed by atoms with Crippen LogP contribution < -0.4 is 5.32 Å². The van der Waals surface area contributed by atoms with Gasteiger partial charge in [-0.1, -0.05) is 12.8 Å². The summed E-state index contributed by atoms with van der Waals surface area (Å²) in [6, 6.07) is 0. The molecule has 1 heterocycles. The largest absolute Gasteiger partial charge is 0.390 e. The molecule has 0 aromatic rings. The zero-order chi connectivity index (χ0) is 15.2. The molecule has 2 fully saturated rings. The third-order valence-electron chi connectivity index (χ3n) is 4.31. The van der Waals surface area contributed by atoms with E-state index in [9.17, 15) is 22.8 Å². The fourth-order valence-electron chi connectivity index (χ4n) is 3.00. The molecule has 1 spiro atoms. The van der Waals surface area contributed by atoms with Crippen LogP contribution in [0.15, 0.2) is 0 Å². The maximum Gasteiger partial charge on any atom is 0.390 e. The Hall–Kier alpha value is -1.27. The van der Waals surface area contributed by atoms with Crippen molar-refractivity contribution in [1.82, 2.24) is 10.2 Å². The Bertz CT molecular complexity index is 426. The Labute approximate surface area is 115 Å². The van der Waals surface area contributed by atoms with E-state index in [0.717, 1.165) is 17.7 Å². The van der Waals surface area contributed by atoms with E-state index in [-0.39, 0.29) is 11.8 Å². The number of carbonyl (C=O) groups excluding carboxylic acids is 2. The van der Waals surface area contributed by atoms with Crippen molar-refractivity contribution < 1.29 is 22.8 Å². The topological polar surface area (TPSA) is 49.4 Å². The minimum atomic E-state index is -4.34. The normalized spacial score (nSPS) is 25.1. The second kappa shape index (κ2) is 4.63. The number of amides is 2. The lowest BCUT2D eigenvalue weighted by atomic mass is 9.86. The number of hydrogen-bond acceptors (Lipinski definition) is 2. The molecular weight excluding hydrogens is 273 g/mol. The number of halogens is 3. The van der Waals surface area contributed by atoms with Crippen molar-refractivity contribution >= 4 is 11.8 Å². The second-order valence-electron chi connectivity index (χ2n) is 6.12. The Morgan fingerprint density at radius 2 is 1.75 bits per heavy atom. The molecule has 20 heavy (non-hydrogen) atoms. The van der Waals surface area contributed by atoms with Crippen molar-refractivity contribution in [3.63, 3.8) is 0 Å². The van der Waals surface area contributed by atoms with Crippen LogP contribution in [0.3, 0.4) is 0 Å². The fourth-order valence-corrected chi connectivity index (χ4v) is 3.00. The van der Waals surface area contributed by atoms with E-state index in [1.54, 1.807) is 0 Å². The van der Waals surface area contributed by atoms with E-state index < -0.39 is 30.2 Å². The van der Waals surface area contributed by atoms with Gasteiger partial charge in [-0.25, -0.2) is 0 Å². The van der Waals surface area contributed by atoms with Gasteiger partial charge in [0.1, 0.15) is 11.1 Å². The van der Waals surface area contributed by atoms with Gasteiger partial charge in [0.2, 0.25) is 11.8 Å². The first-order valence-electron chi connectivity index (χ1n) is 6.80. The number of carbonyl (C=O) groups is 2. The van der Waals surface area contributed by atoms with Gasteiger partial charge in [-0.15, -0.1) is 0 Å². The predicted molar refractivity (Wildman–Crippen MR) is 65.8 cm³/mol. The average molecular weight is 292 g/mol. The highest BCUT2D eigenvalue weighted by atomic mass is 19.4. The maximum absolute atomic E-state index is 12.6. The average Bonchev–Trinajstić information content (AvgIpc) is 2.75. The van der Waals surface area contributed by atoms with E-state index in [0.29, 0.717) is 12.8 Å². The molecule has 1 aliphatic carbocycles. The summed E-state index contributed by atoms with van der Waals surface area (Å²) in [4.78, 5) is 25.8. The number of nitrogens with one attached hydrogen (secondary N) is 1. The van der Waals surface area contributed by atoms with Crippen molar-refractivity contribution in [2.75, 3.05) is 6.54 Å². The SMILES string of the molecule is CC1(C)C(=O)NC2(CCCC2)C(=O)N1CCC(F)(F)F. The van der Waals surface area contributed by atoms with Gasteiger partial charge in [0, 0.05) is 6.54 Å². The highest BCUT2D eigenvalue weighted by molar-refractivity contribution is 6.02. The summed E-state index contributed by atoms with van der Waals surface area (Å²) in [5, 5.41) is 2.75. The van der Waals surface area contributed by atoms with Gasteiger partial charge in [0.15, 0.2) is 0 Å². The molecule has 2 aliphatic rings. The second-order valence-corrected chi connectivity index (χ2v) is 6.12. The van der Waals surface area contributed by atoms with Gasteiger partial charge in [0.05, 0.1) is 6.42 Å². The van der Waals surface area contributed by atoms with Crippen LogP contribution >= 0.6 is 0 Å². The van der Waals surface area contributed by atoms with Gasteiger partial charge in [-0.3, -0.25) is 9.59 Å². The molecule has 0 aromatic heterocycles.